The van der Waals surface area contributed by atoms with Crippen molar-refractivity contribution in [3.8, 4) is 0 Å². The Bertz CT molecular complexity index is 152. The molecule has 1 rings (SSSR count). The summed E-state index contributed by atoms with van der Waals surface area (Å²) in [5.41, 5.74) is 0. The van der Waals surface area contributed by atoms with E-state index in [4.69, 9.17) is 4.74 Å². The van der Waals surface area contributed by atoms with Crippen LogP contribution in [0.3, 0.4) is 0 Å². The van der Waals surface area contributed by atoms with Gasteiger partial charge in [-0.3, -0.25) is 0 Å². The number of aliphatic hydroxyl groups excluding tert-OH is 1. The summed E-state index contributed by atoms with van der Waals surface area (Å²) in [5.74, 6) is 0.643. The van der Waals surface area contributed by atoms with Crippen LogP contribution in [-0.2, 0) is 4.74 Å². The van der Waals surface area contributed by atoms with Gasteiger partial charge >= 0.3 is 0 Å². The lowest BCUT2D eigenvalue weighted by Gasteiger charge is -2.18. The van der Waals surface area contributed by atoms with Gasteiger partial charge in [0, 0.05) is 19.7 Å². The minimum absolute atomic E-state index is 0.197. The first-order valence-electron chi connectivity index (χ1n) is 5.78. The maximum atomic E-state index is 9.36. The van der Waals surface area contributed by atoms with Gasteiger partial charge in [-0.25, -0.2) is 0 Å². The summed E-state index contributed by atoms with van der Waals surface area (Å²) in [6, 6.07) is 0. The van der Waals surface area contributed by atoms with Gasteiger partial charge < -0.3 is 15.2 Å². The molecule has 1 aliphatic rings. The second-order valence-corrected chi connectivity index (χ2v) is 4.09. The standard InChI is InChI=1S/C11H23NO2/c1-3-10(13)8-12-7-9-5-6-14-11(9)4-2/h9-13H,3-8H2,1-2H3. The van der Waals surface area contributed by atoms with Crippen molar-refractivity contribution in [1.82, 2.24) is 5.32 Å². The molecule has 3 unspecified atom stereocenters. The maximum absolute atomic E-state index is 9.36. The normalized spacial score (nSPS) is 29.4. The Kier molecular flexibility index (Phi) is 5.45. The Labute approximate surface area is 86.8 Å². The minimum atomic E-state index is -0.197. The van der Waals surface area contributed by atoms with E-state index in [1.807, 2.05) is 6.92 Å². The van der Waals surface area contributed by atoms with Crippen LogP contribution in [-0.4, -0.2) is 37.0 Å². The zero-order valence-electron chi connectivity index (χ0n) is 9.33. The first-order chi connectivity index (χ1) is 6.77. The Morgan fingerprint density at radius 3 is 2.93 bits per heavy atom. The van der Waals surface area contributed by atoms with Gasteiger partial charge in [-0.1, -0.05) is 13.8 Å². The van der Waals surface area contributed by atoms with E-state index in [0.29, 0.717) is 18.6 Å². The van der Waals surface area contributed by atoms with E-state index >= 15 is 0 Å². The number of hydrogen-bond donors (Lipinski definition) is 2. The molecule has 3 nitrogen and oxygen atoms in total. The molecule has 1 fully saturated rings. The van der Waals surface area contributed by atoms with Crippen LogP contribution in [0.1, 0.15) is 33.1 Å². The molecular formula is C11H23NO2. The molecule has 14 heavy (non-hydrogen) atoms. The molecule has 0 bridgehead atoms. The lowest BCUT2D eigenvalue weighted by Crippen LogP contribution is -2.33. The smallest absolute Gasteiger partial charge is 0.0662 e. The molecule has 2 N–H and O–H groups in total. The first kappa shape index (κ1) is 12.0. The van der Waals surface area contributed by atoms with Gasteiger partial charge in [0.25, 0.3) is 0 Å². The molecule has 1 aliphatic heterocycles. The Morgan fingerprint density at radius 2 is 2.29 bits per heavy atom. The van der Waals surface area contributed by atoms with Crippen LogP contribution in [0.2, 0.25) is 0 Å². The highest BCUT2D eigenvalue weighted by molar-refractivity contribution is 4.77. The van der Waals surface area contributed by atoms with Crippen LogP contribution < -0.4 is 5.32 Å². The van der Waals surface area contributed by atoms with Crippen LogP contribution in [0, 0.1) is 5.92 Å². The summed E-state index contributed by atoms with van der Waals surface area (Å²) in [4.78, 5) is 0. The molecule has 0 aliphatic carbocycles. The number of nitrogens with one attached hydrogen (secondary N) is 1. The van der Waals surface area contributed by atoms with Crippen molar-refractivity contribution in [2.75, 3.05) is 19.7 Å². The highest BCUT2D eigenvalue weighted by Gasteiger charge is 2.25. The monoisotopic (exact) mass is 201 g/mol. The topological polar surface area (TPSA) is 41.5 Å². The van der Waals surface area contributed by atoms with Gasteiger partial charge in [-0.2, -0.15) is 0 Å². The van der Waals surface area contributed by atoms with Crippen LogP contribution in [0.4, 0.5) is 0 Å². The van der Waals surface area contributed by atoms with Gasteiger partial charge in [0.1, 0.15) is 0 Å². The second kappa shape index (κ2) is 6.38. The minimum Gasteiger partial charge on any atom is -0.392 e. The molecule has 0 aromatic carbocycles. The van der Waals surface area contributed by atoms with E-state index in [2.05, 4.69) is 12.2 Å². The quantitative estimate of drug-likeness (QED) is 0.677. The van der Waals surface area contributed by atoms with E-state index in [0.717, 1.165) is 32.4 Å². The van der Waals surface area contributed by atoms with Crippen molar-refractivity contribution < 1.29 is 9.84 Å². The summed E-state index contributed by atoms with van der Waals surface area (Å²) < 4.78 is 5.60. The highest BCUT2D eigenvalue weighted by atomic mass is 16.5. The number of rotatable bonds is 6. The average Bonchev–Trinajstić information content (AvgIpc) is 2.65. The second-order valence-electron chi connectivity index (χ2n) is 4.09. The summed E-state index contributed by atoms with van der Waals surface area (Å²) in [6.07, 6.45) is 3.32. The third-order valence-electron chi connectivity index (χ3n) is 3.01. The van der Waals surface area contributed by atoms with E-state index in [1.54, 1.807) is 0 Å². The van der Waals surface area contributed by atoms with Crippen LogP contribution in [0.5, 0.6) is 0 Å². The SMILES string of the molecule is CCC(O)CNCC1CCOC1CC. The molecular weight excluding hydrogens is 178 g/mol. The van der Waals surface area contributed by atoms with E-state index in [9.17, 15) is 5.11 Å². The van der Waals surface area contributed by atoms with Gasteiger partial charge in [-0.05, 0) is 25.2 Å². The van der Waals surface area contributed by atoms with E-state index in [-0.39, 0.29) is 6.10 Å². The van der Waals surface area contributed by atoms with Crippen molar-refractivity contribution >= 4 is 0 Å². The molecule has 0 amide bonds. The summed E-state index contributed by atoms with van der Waals surface area (Å²) in [7, 11) is 0. The third-order valence-corrected chi connectivity index (χ3v) is 3.01. The van der Waals surface area contributed by atoms with Crippen molar-refractivity contribution in [1.29, 1.82) is 0 Å². The van der Waals surface area contributed by atoms with E-state index in [1.165, 1.54) is 0 Å². The molecule has 3 atom stereocenters. The first-order valence-corrected chi connectivity index (χ1v) is 5.78. The average molecular weight is 201 g/mol. The van der Waals surface area contributed by atoms with Crippen LogP contribution >= 0.6 is 0 Å². The Balaban J connectivity index is 2.11. The molecule has 0 radical (unpaired) electrons. The lowest BCUT2D eigenvalue weighted by molar-refractivity contribution is 0.0857. The van der Waals surface area contributed by atoms with Crippen molar-refractivity contribution in [3.05, 3.63) is 0 Å². The van der Waals surface area contributed by atoms with Crippen molar-refractivity contribution in [2.45, 2.75) is 45.3 Å². The van der Waals surface area contributed by atoms with Crippen LogP contribution in [0.25, 0.3) is 0 Å². The zero-order valence-corrected chi connectivity index (χ0v) is 9.33. The number of aliphatic hydroxyl groups is 1. The summed E-state index contributed by atoms with van der Waals surface area (Å²) in [6.45, 7) is 6.77. The molecule has 0 aromatic heterocycles. The highest BCUT2D eigenvalue weighted by Crippen LogP contribution is 2.22. The maximum Gasteiger partial charge on any atom is 0.0662 e. The van der Waals surface area contributed by atoms with Crippen molar-refractivity contribution in [2.24, 2.45) is 5.92 Å². The van der Waals surface area contributed by atoms with Gasteiger partial charge in [0.15, 0.2) is 0 Å². The van der Waals surface area contributed by atoms with Gasteiger partial charge in [0.05, 0.1) is 12.2 Å². The molecule has 0 spiro atoms. The Hall–Kier alpha value is -0.120. The summed E-state index contributed by atoms with van der Waals surface area (Å²) >= 11 is 0. The third kappa shape index (κ3) is 3.56. The molecule has 0 saturated carbocycles. The molecule has 3 heteroatoms. The predicted molar refractivity (Wildman–Crippen MR) is 57.3 cm³/mol. The zero-order chi connectivity index (χ0) is 10.4. The largest absolute Gasteiger partial charge is 0.392 e. The molecule has 1 saturated heterocycles. The van der Waals surface area contributed by atoms with Gasteiger partial charge in [-0.15, -0.1) is 0 Å². The van der Waals surface area contributed by atoms with Gasteiger partial charge in [0.2, 0.25) is 0 Å². The van der Waals surface area contributed by atoms with Crippen molar-refractivity contribution in [3.63, 3.8) is 0 Å². The lowest BCUT2D eigenvalue weighted by atomic mass is 10.00. The molecule has 0 aromatic rings. The fraction of sp³-hybridized carbons (Fsp3) is 1.00. The summed E-state index contributed by atoms with van der Waals surface area (Å²) in [5, 5.41) is 12.7. The fourth-order valence-electron chi connectivity index (χ4n) is 1.96. The van der Waals surface area contributed by atoms with E-state index < -0.39 is 0 Å². The van der Waals surface area contributed by atoms with Crippen LogP contribution in [0.15, 0.2) is 0 Å². The Morgan fingerprint density at radius 1 is 1.50 bits per heavy atom. The number of hydrogen-bond acceptors (Lipinski definition) is 3. The predicted octanol–water partition coefficient (Wildman–Crippen LogP) is 1.16. The molecule has 84 valence electrons. The fourth-order valence-corrected chi connectivity index (χ4v) is 1.96. The molecule has 1 heterocycles. The number of ether oxygens (including phenoxy) is 1.